The number of ether oxygens (including phenoxy) is 1. The van der Waals surface area contributed by atoms with Crippen molar-refractivity contribution in [3.05, 3.63) is 71.2 Å². The van der Waals surface area contributed by atoms with Crippen LogP contribution in [-0.4, -0.2) is 27.9 Å². The van der Waals surface area contributed by atoms with Crippen molar-refractivity contribution in [1.29, 1.82) is 0 Å². The third kappa shape index (κ3) is 2.76. The highest BCUT2D eigenvalue weighted by atomic mass is 16.6. The fourth-order valence-corrected chi connectivity index (χ4v) is 1.90. The summed E-state index contributed by atoms with van der Waals surface area (Å²) in [6.07, 6.45) is 4.70. The van der Waals surface area contributed by atoms with E-state index in [2.05, 4.69) is 9.98 Å². The van der Waals surface area contributed by atoms with Crippen molar-refractivity contribution < 1.29 is 19.4 Å². The molecule has 22 heavy (non-hydrogen) atoms. The molecule has 2 heterocycles. The Hall–Kier alpha value is -3.28. The average molecular weight is 294 g/mol. The lowest BCUT2D eigenvalue weighted by atomic mass is 10.1. The van der Waals surface area contributed by atoms with Crippen molar-refractivity contribution >= 4 is 23.9 Å². The third-order valence-corrected chi connectivity index (χ3v) is 2.99. The number of aromatic carboxylic acids is 1. The van der Waals surface area contributed by atoms with Gasteiger partial charge in [-0.3, -0.25) is 4.98 Å². The molecule has 2 aromatic rings. The number of esters is 1. The number of carbonyl (C=O) groups excluding carboxylic acids is 1. The standard InChI is InChI=1S/C16H10N2O4/c19-15(20)11-5-3-10(4-6-11)8-13-16(21)22-14(18-13)12-2-1-7-17-9-12/h1-9H,(H,19,20)/b13-8+. The summed E-state index contributed by atoms with van der Waals surface area (Å²) < 4.78 is 5.10. The van der Waals surface area contributed by atoms with Crippen LogP contribution in [0.2, 0.25) is 0 Å². The molecule has 1 aliphatic rings. The number of hydrogen-bond donors (Lipinski definition) is 1. The quantitative estimate of drug-likeness (QED) is 0.692. The van der Waals surface area contributed by atoms with Crippen LogP contribution in [0, 0.1) is 0 Å². The fourth-order valence-electron chi connectivity index (χ4n) is 1.90. The average Bonchev–Trinajstić information content (AvgIpc) is 2.90. The molecule has 0 saturated carbocycles. The molecule has 1 N–H and O–H groups in total. The van der Waals surface area contributed by atoms with E-state index < -0.39 is 11.9 Å². The Kier molecular flexibility index (Phi) is 3.49. The Morgan fingerprint density at radius 2 is 1.95 bits per heavy atom. The van der Waals surface area contributed by atoms with Crippen LogP contribution in [-0.2, 0) is 9.53 Å². The lowest BCUT2D eigenvalue weighted by Crippen LogP contribution is -2.05. The molecular weight excluding hydrogens is 284 g/mol. The summed E-state index contributed by atoms with van der Waals surface area (Å²) in [7, 11) is 0. The number of carbonyl (C=O) groups is 2. The lowest BCUT2D eigenvalue weighted by Gasteiger charge is -1.96. The molecular formula is C16H10N2O4. The summed E-state index contributed by atoms with van der Waals surface area (Å²) in [6, 6.07) is 9.58. The maximum absolute atomic E-state index is 11.8. The molecule has 0 bridgehead atoms. The van der Waals surface area contributed by atoms with E-state index in [1.165, 1.54) is 18.2 Å². The molecule has 6 nitrogen and oxygen atoms in total. The predicted molar refractivity (Wildman–Crippen MR) is 78.2 cm³/mol. The second-order valence-electron chi connectivity index (χ2n) is 4.50. The smallest absolute Gasteiger partial charge is 0.363 e. The van der Waals surface area contributed by atoms with Gasteiger partial charge >= 0.3 is 11.9 Å². The minimum Gasteiger partial charge on any atom is -0.478 e. The zero-order valence-corrected chi connectivity index (χ0v) is 11.3. The number of benzene rings is 1. The monoisotopic (exact) mass is 294 g/mol. The Bertz CT molecular complexity index is 793. The van der Waals surface area contributed by atoms with Crippen molar-refractivity contribution in [1.82, 2.24) is 4.98 Å². The van der Waals surface area contributed by atoms with E-state index in [9.17, 15) is 9.59 Å². The molecule has 0 amide bonds. The molecule has 0 spiro atoms. The molecule has 0 aliphatic carbocycles. The molecule has 108 valence electrons. The maximum atomic E-state index is 11.8. The molecule has 6 heteroatoms. The minimum atomic E-state index is -1.00. The van der Waals surface area contributed by atoms with E-state index >= 15 is 0 Å². The number of carboxylic acid groups (broad SMARTS) is 1. The second-order valence-corrected chi connectivity index (χ2v) is 4.50. The summed E-state index contributed by atoms with van der Waals surface area (Å²) in [5.74, 6) is -1.36. The van der Waals surface area contributed by atoms with Gasteiger partial charge in [-0.25, -0.2) is 14.6 Å². The van der Waals surface area contributed by atoms with Gasteiger partial charge < -0.3 is 9.84 Å². The number of cyclic esters (lactones) is 1. The third-order valence-electron chi connectivity index (χ3n) is 2.99. The number of pyridine rings is 1. The van der Waals surface area contributed by atoms with Crippen molar-refractivity contribution in [2.75, 3.05) is 0 Å². The van der Waals surface area contributed by atoms with E-state index in [0.29, 0.717) is 11.1 Å². The Morgan fingerprint density at radius 1 is 1.18 bits per heavy atom. The van der Waals surface area contributed by atoms with Crippen molar-refractivity contribution in [3.63, 3.8) is 0 Å². The van der Waals surface area contributed by atoms with Gasteiger partial charge in [0.2, 0.25) is 5.90 Å². The summed E-state index contributed by atoms with van der Waals surface area (Å²) >= 11 is 0. The van der Waals surface area contributed by atoms with Gasteiger partial charge in [-0.2, -0.15) is 0 Å². The highest BCUT2D eigenvalue weighted by Crippen LogP contribution is 2.19. The number of aliphatic imine (C=N–C) groups is 1. The molecule has 1 aliphatic heterocycles. The molecule has 0 saturated heterocycles. The number of aromatic nitrogens is 1. The highest BCUT2D eigenvalue weighted by Gasteiger charge is 2.24. The minimum absolute atomic E-state index is 0.155. The van der Waals surface area contributed by atoms with Crippen LogP contribution in [0.15, 0.2) is 59.5 Å². The SMILES string of the molecule is O=C1OC(c2cccnc2)=N/C1=C/c1ccc(C(=O)O)cc1. The van der Waals surface area contributed by atoms with Gasteiger partial charge in [0.1, 0.15) is 0 Å². The van der Waals surface area contributed by atoms with Crippen molar-refractivity contribution in [3.8, 4) is 0 Å². The van der Waals surface area contributed by atoms with Gasteiger partial charge in [-0.15, -0.1) is 0 Å². The van der Waals surface area contributed by atoms with Gasteiger partial charge in [-0.1, -0.05) is 12.1 Å². The summed E-state index contributed by atoms with van der Waals surface area (Å²) in [5, 5.41) is 8.85. The van der Waals surface area contributed by atoms with E-state index in [1.807, 2.05) is 0 Å². The lowest BCUT2D eigenvalue weighted by molar-refractivity contribution is -0.129. The Labute approximate surface area is 125 Å². The van der Waals surface area contributed by atoms with Gasteiger partial charge in [0, 0.05) is 12.4 Å². The molecule has 1 aromatic carbocycles. The molecule has 0 radical (unpaired) electrons. The molecule has 1 aromatic heterocycles. The number of hydrogen-bond acceptors (Lipinski definition) is 5. The molecule has 0 fully saturated rings. The summed E-state index contributed by atoms with van der Waals surface area (Å²) in [4.78, 5) is 30.7. The van der Waals surface area contributed by atoms with E-state index in [0.717, 1.165) is 0 Å². The first-order valence-electron chi connectivity index (χ1n) is 6.40. The van der Waals surface area contributed by atoms with Crippen LogP contribution in [0.3, 0.4) is 0 Å². The number of carboxylic acids is 1. The summed E-state index contributed by atoms with van der Waals surface area (Å²) in [6.45, 7) is 0. The molecule has 0 atom stereocenters. The first kappa shape index (κ1) is 13.7. The van der Waals surface area contributed by atoms with E-state index in [1.54, 1.807) is 36.7 Å². The molecule has 3 rings (SSSR count). The zero-order chi connectivity index (χ0) is 15.5. The summed E-state index contributed by atoms with van der Waals surface area (Å²) in [5.41, 5.74) is 1.60. The first-order valence-corrected chi connectivity index (χ1v) is 6.40. The number of rotatable bonds is 3. The fraction of sp³-hybridized carbons (Fsp3) is 0. The van der Waals surface area contributed by atoms with Gasteiger partial charge in [0.05, 0.1) is 11.1 Å². The van der Waals surface area contributed by atoms with Crippen LogP contribution in [0.5, 0.6) is 0 Å². The molecule has 0 unspecified atom stereocenters. The first-order chi connectivity index (χ1) is 10.6. The predicted octanol–water partition coefficient (Wildman–Crippen LogP) is 2.12. The van der Waals surface area contributed by atoms with Crippen LogP contribution >= 0.6 is 0 Å². The van der Waals surface area contributed by atoms with Crippen LogP contribution < -0.4 is 0 Å². The van der Waals surface area contributed by atoms with Gasteiger partial charge in [0.25, 0.3) is 0 Å². The van der Waals surface area contributed by atoms with Crippen molar-refractivity contribution in [2.45, 2.75) is 0 Å². The van der Waals surface area contributed by atoms with Crippen LogP contribution in [0.25, 0.3) is 6.08 Å². The maximum Gasteiger partial charge on any atom is 0.363 e. The largest absolute Gasteiger partial charge is 0.478 e. The second kappa shape index (κ2) is 5.61. The highest BCUT2D eigenvalue weighted by molar-refractivity contribution is 6.12. The normalized spacial score (nSPS) is 15.5. The van der Waals surface area contributed by atoms with E-state index in [4.69, 9.17) is 9.84 Å². The Morgan fingerprint density at radius 3 is 2.59 bits per heavy atom. The van der Waals surface area contributed by atoms with Gasteiger partial charge in [-0.05, 0) is 35.9 Å². The van der Waals surface area contributed by atoms with Crippen LogP contribution in [0.1, 0.15) is 21.5 Å². The number of nitrogens with zero attached hydrogens (tertiary/aromatic N) is 2. The van der Waals surface area contributed by atoms with E-state index in [-0.39, 0.29) is 17.2 Å². The Balaban J connectivity index is 1.89. The van der Waals surface area contributed by atoms with Gasteiger partial charge in [0.15, 0.2) is 5.70 Å². The zero-order valence-electron chi connectivity index (χ0n) is 11.3. The van der Waals surface area contributed by atoms with Crippen molar-refractivity contribution in [2.24, 2.45) is 4.99 Å². The topological polar surface area (TPSA) is 88.9 Å². The van der Waals surface area contributed by atoms with Crippen LogP contribution in [0.4, 0.5) is 0 Å².